The van der Waals surface area contributed by atoms with Gasteiger partial charge in [0.1, 0.15) is 0 Å². The zero-order valence-electron chi connectivity index (χ0n) is 16.0. The highest BCUT2D eigenvalue weighted by Gasteiger charge is 2.33. The summed E-state index contributed by atoms with van der Waals surface area (Å²) in [5.74, 6) is -0.152. The van der Waals surface area contributed by atoms with E-state index in [9.17, 15) is 18.3 Å². The van der Waals surface area contributed by atoms with Gasteiger partial charge in [-0.15, -0.1) is 0 Å². The topological polar surface area (TPSA) is 86.7 Å². The maximum absolute atomic E-state index is 12.6. The summed E-state index contributed by atoms with van der Waals surface area (Å²) in [4.78, 5) is 13.9. The molecule has 3 rings (SSSR count). The van der Waals surface area contributed by atoms with Gasteiger partial charge in [0.25, 0.3) is 0 Å². The molecule has 1 aromatic rings. The number of carbonyl (C=O) groups excluding carboxylic acids is 1. The molecule has 0 unspecified atom stereocenters. The van der Waals surface area contributed by atoms with E-state index >= 15 is 0 Å². The monoisotopic (exact) mass is 394 g/mol. The number of sulfonamides is 1. The molecule has 1 aromatic carbocycles. The van der Waals surface area contributed by atoms with Crippen molar-refractivity contribution in [2.45, 2.75) is 68.4 Å². The normalized spacial score (nSPS) is 21.9. The van der Waals surface area contributed by atoms with E-state index in [1.807, 2.05) is 0 Å². The van der Waals surface area contributed by atoms with E-state index in [4.69, 9.17) is 0 Å². The maximum atomic E-state index is 12.6. The number of piperidine rings is 1. The second kappa shape index (κ2) is 8.39. The molecule has 0 spiro atoms. The van der Waals surface area contributed by atoms with Crippen molar-refractivity contribution in [3.63, 3.8) is 0 Å². The predicted molar refractivity (Wildman–Crippen MR) is 104 cm³/mol. The van der Waals surface area contributed by atoms with Crippen molar-refractivity contribution in [2.75, 3.05) is 19.6 Å². The SMILES string of the molecule is CC(=O)c1cccc(S(=O)(=O)NC2CCN(CC3(O)CCCCC3)CC2)c1. The van der Waals surface area contributed by atoms with Gasteiger partial charge in [-0.1, -0.05) is 31.4 Å². The van der Waals surface area contributed by atoms with E-state index in [2.05, 4.69) is 9.62 Å². The summed E-state index contributed by atoms with van der Waals surface area (Å²) in [5.41, 5.74) is -0.175. The van der Waals surface area contributed by atoms with Crippen LogP contribution in [0.3, 0.4) is 0 Å². The summed E-state index contributed by atoms with van der Waals surface area (Å²) in [5, 5.41) is 10.7. The Balaban J connectivity index is 1.55. The van der Waals surface area contributed by atoms with Gasteiger partial charge < -0.3 is 10.0 Å². The summed E-state index contributed by atoms with van der Waals surface area (Å²) in [6.45, 7) is 3.67. The molecular weight excluding hydrogens is 364 g/mol. The lowest BCUT2D eigenvalue weighted by atomic mass is 9.84. The van der Waals surface area contributed by atoms with Crippen LogP contribution in [0.1, 0.15) is 62.2 Å². The van der Waals surface area contributed by atoms with Crippen LogP contribution in [0.2, 0.25) is 0 Å². The number of Topliss-reactive ketones (excluding diaryl/α,β-unsaturated/α-hetero) is 1. The maximum Gasteiger partial charge on any atom is 0.240 e. The predicted octanol–water partition coefficient (Wildman–Crippen LogP) is 2.33. The largest absolute Gasteiger partial charge is 0.389 e. The van der Waals surface area contributed by atoms with Gasteiger partial charge in [-0.25, -0.2) is 13.1 Å². The third-order valence-corrected chi connectivity index (χ3v) is 7.28. The van der Waals surface area contributed by atoms with Gasteiger partial charge in [-0.2, -0.15) is 0 Å². The zero-order valence-corrected chi connectivity index (χ0v) is 16.8. The first-order valence-corrected chi connectivity index (χ1v) is 11.3. The molecule has 6 nitrogen and oxygen atoms in total. The Hall–Kier alpha value is -1.28. The highest BCUT2D eigenvalue weighted by molar-refractivity contribution is 7.89. The van der Waals surface area contributed by atoms with Crippen LogP contribution in [-0.4, -0.2) is 55.5 Å². The Bertz CT molecular complexity index is 764. The molecule has 2 fully saturated rings. The Morgan fingerprint density at radius 2 is 1.89 bits per heavy atom. The molecule has 1 aliphatic heterocycles. The molecule has 2 N–H and O–H groups in total. The number of hydrogen-bond acceptors (Lipinski definition) is 5. The lowest BCUT2D eigenvalue weighted by Gasteiger charge is -2.40. The fourth-order valence-corrected chi connectivity index (χ4v) is 5.51. The van der Waals surface area contributed by atoms with Crippen molar-refractivity contribution in [1.82, 2.24) is 9.62 Å². The molecule has 0 bridgehead atoms. The van der Waals surface area contributed by atoms with Crippen LogP contribution < -0.4 is 4.72 Å². The Kier molecular flexibility index (Phi) is 6.35. The van der Waals surface area contributed by atoms with Crippen molar-refractivity contribution >= 4 is 15.8 Å². The van der Waals surface area contributed by atoms with E-state index in [1.54, 1.807) is 12.1 Å². The number of hydrogen-bond donors (Lipinski definition) is 2. The van der Waals surface area contributed by atoms with Crippen molar-refractivity contribution < 1.29 is 18.3 Å². The summed E-state index contributed by atoms with van der Waals surface area (Å²) >= 11 is 0. The summed E-state index contributed by atoms with van der Waals surface area (Å²) < 4.78 is 28.1. The quantitative estimate of drug-likeness (QED) is 0.723. The third-order valence-electron chi connectivity index (χ3n) is 5.76. The molecule has 1 heterocycles. The third kappa shape index (κ3) is 5.38. The van der Waals surface area contributed by atoms with E-state index in [1.165, 1.54) is 25.5 Å². The lowest BCUT2D eigenvalue weighted by molar-refractivity contribution is -0.0309. The van der Waals surface area contributed by atoms with Crippen LogP contribution in [-0.2, 0) is 10.0 Å². The van der Waals surface area contributed by atoms with Crippen LogP contribution in [0.4, 0.5) is 0 Å². The Morgan fingerprint density at radius 3 is 2.52 bits per heavy atom. The highest BCUT2D eigenvalue weighted by Crippen LogP contribution is 2.29. The molecule has 1 aliphatic carbocycles. The van der Waals surface area contributed by atoms with Gasteiger partial charge in [0.05, 0.1) is 10.5 Å². The summed E-state index contributed by atoms with van der Waals surface area (Å²) in [6, 6.07) is 6.04. The number of carbonyl (C=O) groups is 1. The second-order valence-electron chi connectivity index (χ2n) is 8.04. The minimum absolute atomic E-state index is 0.117. The highest BCUT2D eigenvalue weighted by atomic mass is 32.2. The molecule has 0 amide bonds. The number of nitrogens with zero attached hydrogens (tertiary/aromatic N) is 1. The minimum atomic E-state index is -3.64. The van der Waals surface area contributed by atoms with Gasteiger partial charge in [0, 0.05) is 18.2 Å². The van der Waals surface area contributed by atoms with Crippen molar-refractivity contribution in [1.29, 1.82) is 0 Å². The molecule has 0 atom stereocenters. The Labute approximate surface area is 162 Å². The average Bonchev–Trinajstić information content (AvgIpc) is 2.63. The molecule has 1 saturated carbocycles. The van der Waals surface area contributed by atoms with Gasteiger partial charge in [0.2, 0.25) is 10.0 Å². The summed E-state index contributed by atoms with van der Waals surface area (Å²) in [7, 11) is -3.64. The van der Waals surface area contributed by atoms with E-state index < -0.39 is 15.6 Å². The van der Waals surface area contributed by atoms with Gasteiger partial charge >= 0.3 is 0 Å². The van der Waals surface area contributed by atoms with Crippen molar-refractivity contribution in [2.24, 2.45) is 0 Å². The standard InChI is InChI=1S/C20H30N2O4S/c1-16(23)17-6-5-7-19(14-17)27(25,26)21-18-8-12-22(13-9-18)15-20(24)10-3-2-4-11-20/h5-7,14,18,21,24H,2-4,8-13,15H2,1H3. The first-order valence-electron chi connectivity index (χ1n) is 9.86. The fourth-order valence-electron chi connectivity index (χ4n) is 4.16. The van der Waals surface area contributed by atoms with Gasteiger partial charge in [0.15, 0.2) is 5.78 Å². The van der Waals surface area contributed by atoms with Crippen LogP contribution in [0.25, 0.3) is 0 Å². The number of nitrogens with one attached hydrogen (secondary N) is 1. The Morgan fingerprint density at radius 1 is 1.22 bits per heavy atom. The van der Waals surface area contributed by atoms with Gasteiger partial charge in [-0.3, -0.25) is 4.79 Å². The molecule has 0 aromatic heterocycles. The molecule has 7 heteroatoms. The number of aliphatic hydroxyl groups is 1. The van der Waals surface area contributed by atoms with Crippen molar-refractivity contribution in [3.05, 3.63) is 29.8 Å². The summed E-state index contributed by atoms with van der Waals surface area (Å²) in [6.07, 6.45) is 6.57. The lowest BCUT2D eigenvalue weighted by Crippen LogP contribution is -2.50. The molecule has 1 saturated heterocycles. The number of rotatable bonds is 6. The van der Waals surface area contributed by atoms with E-state index in [0.29, 0.717) is 12.1 Å². The molecule has 150 valence electrons. The van der Waals surface area contributed by atoms with Gasteiger partial charge in [-0.05, 0) is 57.8 Å². The molecule has 2 aliphatic rings. The first kappa shape index (κ1) is 20.5. The number of benzene rings is 1. The van der Waals surface area contributed by atoms with E-state index in [-0.39, 0.29) is 16.7 Å². The molecule has 0 radical (unpaired) electrons. The smallest absolute Gasteiger partial charge is 0.240 e. The molecule has 27 heavy (non-hydrogen) atoms. The second-order valence-corrected chi connectivity index (χ2v) is 9.75. The average molecular weight is 395 g/mol. The van der Waals surface area contributed by atoms with Crippen molar-refractivity contribution in [3.8, 4) is 0 Å². The van der Waals surface area contributed by atoms with E-state index in [0.717, 1.165) is 51.6 Å². The zero-order chi connectivity index (χ0) is 19.5. The number of likely N-dealkylation sites (tertiary alicyclic amines) is 1. The number of β-amino-alcohol motifs (C(OH)–C–C–N with tert-alkyl or cyclic N) is 1. The first-order chi connectivity index (χ1) is 12.8. The van der Waals surface area contributed by atoms with Crippen LogP contribution in [0.15, 0.2) is 29.2 Å². The van der Waals surface area contributed by atoms with Crippen LogP contribution >= 0.6 is 0 Å². The van der Waals surface area contributed by atoms with Crippen LogP contribution in [0, 0.1) is 0 Å². The fraction of sp³-hybridized carbons (Fsp3) is 0.650. The van der Waals surface area contributed by atoms with Crippen LogP contribution in [0.5, 0.6) is 0 Å². The number of ketones is 1. The minimum Gasteiger partial charge on any atom is -0.389 e. The molecular formula is C20H30N2O4S.